The number of ether oxygens (including phenoxy) is 1. The van der Waals surface area contributed by atoms with E-state index in [0.717, 1.165) is 25.7 Å². The largest absolute Gasteiger partial charge is 0.459 e. The molecule has 1 aliphatic carbocycles. The first kappa shape index (κ1) is 14.2. The van der Waals surface area contributed by atoms with Gasteiger partial charge in [-0.2, -0.15) is 0 Å². The molecule has 1 fully saturated rings. The van der Waals surface area contributed by atoms with Gasteiger partial charge in [-0.25, -0.2) is 0 Å². The standard InChI is InChI=1S/C12H21IO3/c1-4-9(13)11(14)16-10-6-5-7-12(10,15)8(2)3/h8-10,15H,4-7H2,1-3H3. The van der Waals surface area contributed by atoms with E-state index >= 15 is 0 Å². The van der Waals surface area contributed by atoms with Crippen molar-refractivity contribution in [1.29, 1.82) is 0 Å². The number of alkyl halides is 1. The van der Waals surface area contributed by atoms with Gasteiger partial charge in [0.05, 0.1) is 0 Å². The van der Waals surface area contributed by atoms with Gasteiger partial charge in [0.25, 0.3) is 0 Å². The predicted octanol–water partition coefficient (Wildman–Crippen LogP) is 2.68. The average Bonchev–Trinajstić information content (AvgIpc) is 2.60. The summed E-state index contributed by atoms with van der Waals surface area (Å²) in [7, 11) is 0. The van der Waals surface area contributed by atoms with Gasteiger partial charge in [0, 0.05) is 0 Å². The lowest BCUT2D eigenvalue weighted by atomic mass is 9.87. The van der Waals surface area contributed by atoms with Crippen LogP contribution in [0.1, 0.15) is 46.5 Å². The third-order valence-corrected chi connectivity index (χ3v) is 4.86. The normalized spacial score (nSPS) is 31.8. The summed E-state index contributed by atoms with van der Waals surface area (Å²) < 4.78 is 5.34. The summed E-state index contributed by atoms with van der Waals surface area (Å²) in [5, 5.41) is 10.5. The van der Waals surface area contributed by atoms with Gasteiger partial charge in [-0.1, -0.05) is 43.4 Å². The van der Waals surface area contributed by atoms with Crippen molar-refractivity contribution in [2.24, 2.45) is 5.92 Å². The maximum absolute atomic E-state index is 11.7. The minimum atomic E-state index is -0.820. The Hall–Kier alpha value is 0.160. The van der Waals surface area contributed by atoms with E-state index in [2.05, 4.69) is 22.6 Å². The molecule has 16 heavy (non-hydrogen) atoms. The van der Waals surface area contributed by atoms with E-state index in [1.54, 1.807) is 0 Å². The lowest BCUT2D eigenvalue weighted by molar-refractivity contribution is -0.165. The molecule has 0 spiro atoms. The number of hydrogen-bond acceptors (Lipinski definition) is 3. The van der Waals surface area contributed by atoms with Crippen LogP contribution < -0.4 is 0 Å². The summed E-state index contributed by atoms with van der Waals surface area (Å²) in [6.45, 7) is 5.92. The second-order valence-electron chi connectivity index (χ2n) is 4.84. The number of aliphatic hydroxyl groups is 1. The highest BCUT2D eigenvalue weighted by atomic mass is 127. The zero-order chi connectivity index (χ0) is 12.3. The number of hydrogen-bond donors (Lipinski definition) is 1. The van der Waals surface area contributed by atoms with Crippen LogP contribution in [-0.2, 0) is 9.53 Å². The zero-order valence-electron chi connectivity index (χ0n) is 10.2. The van der Waals surface area contributed by atoms with E-state index in [4.69, 9.17) is 4.74 Å². The molecule has 1 rings (SSSR count). The molecule has 1 saturated carbocycles. The summed E-state index contributed by atoms with van der Waals surface area (Å²) in [5.74, 6) is -0.0591. The molecule has 0 heterocycles. The monoisotopic (exact) mass is 340 g/mol. The van der Waals surface area contributed by atoms with Crippen molar-refractivity contribution in [3.8, 4) is 0 Å². The van der Waals surface area contributed by atoms with E-state index in [1.165, 1.54) is 0 Å². The molecule has 3 nitrogen and oxygen atoms in total. The Morgan fingerprint density at radius 3 is 2.75 bits per heavy atom. The van der Waals surface area contributed by atoms with Crippen molar-refractivity contribution >= 4 is 28.6 Å². The van der Waals surface area contributed by atoms with Gasteiger partial charge in [0.2, 0.25) is 0 Å². The molecule has 0 radical (unpaired) electrons. The van der Waals surface area contributed by atoms with Crippen LogP contribution in [0.2, 0.25) is 0 Å². The molecule has 0 amide bonds. The summed E-state index contributed by atoms with van der Waals surface area (Å²) in [4.78, 5) is 11.7. The van der Waals surface area contributed by atoms with Crippen molar-refractivity contribution in [2.45, 2.75) is 62.1 Å². The van der Waals surface area contributed by atoms with E-state index in [0.29, 0.717) is 0 Å². The van der Waals surface area contributed by atoms with E-state index in [9.17, 15) is 9.90 Å². The first-order chi connectivity index (χ1) is 7.41. The fourth-order valence-corrected chi connectivity index (χ4v) is 2.33. The maximum Gasteiger partial charge on any atom is 0.319 e. The van der Waals surface area contributed by atoms with Gasteiger partial charge in [-0.3, -0.25) is 4.79 Å². The average molecular weight is 340 g/mol. The molecule has 3 unspecified atom stereocenters. The van der Waals surface area contributed by atoms with Gasteiger partial charge in [-0.15, -0.1) is 0 Å². The summed E-state index contributed by atoms with van der Waals surface area (Å²) in [6, 6.07) is 0. The van der Waals surface area contributed by atoms with E-state index < -0.39 is 5.60 Å². The van der Waals surface area contributed by atoms with Crippen molar-refractivity contribution < 1.29 is 14.6 Å². The Balaban J connectivity index is 2.63. The molecule has 1 N–H and O–H groups in total. The Kier molecular flexibility index (Phi) is 5.04. The fraction of sp³-hybridized carbons (Fsp3) is 0.917. The third-order valence-electron chi connectivity index (χ3n) is 3.47. The predicted molar refractivity (Wildman–Crippen MR) is 71.6 cm³/mol. The minimum Gasteiger partial charge on any atom is -0.459 e. The van der Waals surface area contributed by atoms with Crippen LogP contribution in [0.5, 0.6) is 0 Å². The molecular weight excluding hydrogens is 319 g/mol. The Morgan fingerprint density at radius 1 is 1.62 bits per heavy atom. The molecule has 0 aromatic rings. The van der Waals surface area contributed by atoms with Crippen LogP contribution in [-0.4, -0.2) is 26.7 Å². The van der Waals surface area contributed by atoms with Gasteiger partial charge in [0.15, 0.2) is 0 Å². The lowest BCUT2D eigenvalue weighted by Crippen LogP contribution is -2.45. The first-order valence-electron chi connectivity index (χ1n) is 5.98. The number of carbonyl (C=O) groups excluding carboxylic acids is 1. The lowest BCUT2D eigenvalue weighted by Gasteiger charge is -2.33. The quantitative estimate of drug-likeness (QED) is 0.486. The highest BCUT2D eigenvalue weighted by molar-refractivity contribution is 14.1. The van der Waals surface area contributed by atoms with Crippen LogP contribution in [0.15, 0.2) is 0 Å². The van der Waals surface area contributed by atoms with Gasteiger partial charge in [-0.05, 0) is 31.6 Å². The smallest absolute Gasteiger partial charge is 0.319 e. The van der Waals surface area contributed by atoms with Crippen LogP contribution >= 0.6 is 22.6 Å². The highest BCUT2D eigenvalue weighted by Crippen LogP contribution is 2.38. The van der Waals surface area contributed by atoms with Crippen molar-refractivity contribution in [2.75, 3.05) is 0 Å². The van der Waals surface area contributed by atoms with Crippen LogP contribution in [0.3, 0.4) is 0 Å². The number of esters is 1. The van der Waals surface area contributed by atoms with Crippen molar-refractivity contribution in [3.63, 3.8) is 0 Å². The SMILES string of the molecule is CCC(I)C(=O)OC1CCCC1(O)C(C)C. The molecule has 1 aliphatic rings. The molecule has 0 aliphatic heterocycles. The van der Waals surface area contributed by atoms with E-state index in [-0.39, 0.29) is 21.9 Å². The molecular formula is C12H21IO3. The number of carbonyl (C=O) groups is 1. The first-order valence-corrected chi connectivity index (χ1v) is 7.23. The summed E-state index contributed by atoms with van der Waals surface area (Å²) in [5.41, 5.74) is -0.820. The van der Waals surface area contributed by atoms with Crippen LogP contribution in [0.4, 0.5) is 0 Å². The number of halogens is 1. The molecule has 0 aromatic heterocycles. The second kappa shape index (κ2) is 5.67. The Morgan fingerprint density at radius 2 is 2.25 bits per heavy atom. The van der Waals surface area contributed by atoms with Crippen molar-refractivity contribution in [3.05, 3.63) is 0 Å². The molecule has 0 bridgehead atoms. The summed E-state index contributed by atoms with van der Waals surface area (Å²) in [6.07, 6.45) is 2.91. The zero-order valence-corrected chi connectivity index (χ0v) is 12.4. The molecule has 94 valence electrons. The van der Waals surface area contributed by atoms with Crippen molar-refractivity contribution in [1.82, 2.24) is 0 Å². The van der Waals surface area contributed by atoms with Crippen LogP contribution in [0.25, 0.3) is 0 Å². The second-order valence-corrected chi connectivity index (χ2v) is 6.34. The van der Waals surface area contributed by atoms with Crippen LogP contribution in [0, 0.1) is 5.92 Å². The highest BCUT2D eigenvalue weighted by Gasteiger charge is 2.46. The molecule has 0 aromatic carbocycles. The summed E-state index contributed by atoms with van der Waals surface area (Å²) >= 11 is 2.09. The number of rotatable bonds is 4. The van der Waals surface area contributed by atoms with Gasteiger partial charge >= 0.3 is 5.97 Å². The fourth-order valence-electron chi connectivity index (χ4n) is 2.18. The molecule has 4 heteroatoms. The van der Waals surface area contributed by atoms with Gasteiger partial charge < -0.3 is 9.84 Å². The Bertz CT molecular complexity index is 255. The van der Waals surface area contributed by atoms with Gasteiger partial charge in [0.1, 0.15) is 15.6 Å². The Labute approximate surface area is 111 Å². The third kappa shape index (κ3) is 2.88. The van der Waals surface area contributed by atoms with E-state index in [1.807, 2.05) is 20.8 Å². The maximum atomic E-state index is 11.7. The molecule has 0 saturated heterocycles. The molecule has 3 atom stereocenters. The topological polar surface area (TPSA) is 46.5 Å². The minimum absolute atomic E-state index is 0.102.